The van der Waals surface area contributed by atoms with Gasteiger partial charge in [0.05, 0.1) is 0 Å². The van der Waals surface area contributed by atoms with Crippen LogP contribution >= 0.6 is 39.1 Å². The highest BCUT2D eigenvalue weighted by molar-refractivity contribution is 9.10. The Morgan fingerprint density at radius 1 is 0.974 bits per heavy atom. The lowest BCUT2D eigenvalue weighted by Gasteiger charge is -2.33. The lowest BCUT2D eigenvalue weighted by Crippen LogP contribution is -2.53. The summed E-state index contributed by atoms with van der Waals surface area (Å²) in [6.07, 6.45) is 5.65. The van der Waals surface area contributed by atoms with E-state index in [-0.39, 0.29) is 31.0 Å². The number of nitrogens with one attached hydrogen (secondary N) is 1. The van der Waals surface area contributed by atoms with Gasteiger partial charge in [-0.1, -0.05) is 94.8 Å². The number of hydrogen-bond donors (Lipinski definition) is 1. The van der Waals surface area contributed by atoms with Crippen LogP contribution in [0.15, 0.2) is 77.3 Å². The van der Waals surface area contributed by atoms with Crippen LogP contribution in [0.5, 0.6) is 5.75 Å². The van der Waals surface area contributed by atoms with Gasteiger partial charge in [-0.05, 0) is 60.4 Å². The SMILES string of the molecule is O=C(NC1CCCCC1)[C@@H](Cc1ccccc1)N(Cc1ccc(Cl)cc1Cl)C(=O)COc1ccc(Br)cc1. The van der Waals surface area contributed by atoms with E-state index >= 15 is 0 Å². The normalized spacial score (nSPS) is 14.5. The van der Waals surface area contributed by atoms with E-state index in [1.807, 2.05) is 42.5 Å². The lowest BCUT2D eigenvalue weighted by molar-refractivity contribution is -0.143. The predicted octanol–water partition coefficient (Wildman–Crippen LogP) is 7.22. The van der Waals surface area contributed by atoms with Crippen molar-refractivity contribution in [1.29, 1.82) is 0 Å². The van der Waals surface area contributed by atoms with Crippen LogP contribution in [-0.4, -0.2) is 35.4 Å². The predicted molar refractivity (Wildman–Crippen MR) is 156 cm³/mol. The van der Waals surface area contributed by atoms with Crippen molar-refractivity contribution in [3.05, 3.63) is 98.4 Å². The summed E-state index contributed by atoms with van der Waals surface area (Å²) in [5.41, 5.74) is 1.67. The van der Waals surface area contributed by atoms with E-state index in [1.54, 1.807) is 35.2 Å². The highest BCUT2D eigenvalue weighted by atomic mass is 79.9. The zero-order chi connectivity index (χ0) is 26.9. The van der Waals surface area contributed by atoms with Crippen molar-refractivity contribution in [1.82, 2.24) is 10.2 Å². The number of nitrogens with zero attached hydrogens (tertiary/aromatic N) is 1. The van der Waals surface area contributed by atoms with Crippen molar-refractivity contribution in [2.24, 2.45) is 0 Å². The molecule has 200 valence electrons. The molecule has 4 rings (SSSR count). The minimum absolute atomic E-state index is 0.115. The molecule has 0 unspecified atom stereocenters. The third-order valence-corrected chi connectivity index (χ3v) is 7.87. The maximum atomic E-state index is 13.8. The van der Waals surface area contributed by atoms with Gasteiger partial charge in [0.1, 0.15) is 11.8 Å². The molecule has 0 saturated heterocycles. The Morgan fingerprint density at radius 3 is 2.37 bits per heavy atom. The van der Waals surface area contributed by atoms with Crippen LogP contribution in [0, 0.1) is 0 Å². The number of halogens is 3. The smallest absolute Gasteiger partial charge is 0.261 e. The van der Waals surface area contributed by atoms with Gasteiger partial charge in [-0.2, -0.15) is 0 Å². The van der Waals surface area contributed by atoms with Gasteiger partial charge in [0.2, 0.25) is 5.91 Å². The van der Waals surface area contributed by atoms with Crippen molar-refractivity contribution in [3.63, 3.8) is 0 Å². The van der Waals surface area contributed by atoms with Crippen LogP contribution in [0.2, 0.25) is 10.0 Å². The molecule has 1 aliphatic rings. The Morgan fingerprint density at radius 2 is 1.68 bits per heavy atom. The van der Waals surface area contributed by atoms with Crippen molar-refractivity contribution in [2.75, 3.05) is 6.61 Å². The topological polar surface area (TPSA) is 58.6 Å². The van der Waals surface area contributed by atoms with Gasteiger partial charge in [0.15, 0.2) is 6.61 Å². The van der Waals surface area contributed by atoms with Crippen molar-refractivity contribution >= 4 is 50.9 Å². The van der Waals surface area contributed by atoms with Crippen LogP contribution < -0.4 is 10.1 Å². The molecule has 1 saturated carbocycles. The Kier molecular flexibility index (Phi) is 10.5. The minimum atomic E-state index is -0.743. The van der Waals surface area contributed by atoms with E-state index in [9.17, 15) is 9.59 Å². The molecule has 8 heteroatoms. The highest BCUT2D eigenvalue weighted by Gasteiger charge is 2.32. The summed E-state index contributed by atoms with van der Waals surface area (Å²) < 4.78 is 6.74. The minimum Gasteiger partial charge on any atom is -0.484 e. The number of carbonyl (C=O) groups is 2. The molecule has 38 heavy (non-hydrogen) atoms. The number of amides is 2. The third-order valence-electron chi connectivity index (χ3n) is 6.75. The van der Waals surface area contributed by atoms with Crippen LogP contribution in [0.1, 0.15) is 43.2 Å². The molecule has 0 aromatic heterocycles. The molecule has 0 radical (unpaired) electrons. The molecule has 3 aromatic carbocycles. The van der Waals surface area contributed by atoms with E-state index in [1.165, 1.54) is 6.42 Å². The molecule has 5 nitrogen and oxygen atoms in total. The van der Waals surface area contributed by atoms with Gasteiger partial charge in [0.25, 0.3) is 5.91 Å². The number of hydrogen-bond acceptors (Lipinski definition) is 3. The van der Waals surface area contributed by atoms with Gasteiger partial charge < -0.3 is 15.0 Å². The molecule has 0 heterocycles. The number of rotatable bonds is 10. The first kappa shape index (κ1) is 28.5. The first-order valence-corrected chi connectivity index (χ1v) is 14.4. The number of ether oxygens (including phenoxy) is 1. The Hall–Kier alpha value is -2.54. The van der Waals surface area contributed by atoms with Crippen LogP contribution in [0.25, 0.3) is 0 Å². The second-order valence-electron chi connectivity index (χ2n) is 9.55. The fraction of sp³-hybridized carbons (Fsp3) is 0.333. The second kappa shape index (κ2) is 14.0. The van der Waals surface area contributed by atoms with Crippen LogP contribution in [0.3, 0.4) is 0 Å². The first-order chi connectivity index (χ1) is 18.4. The molecule has 3 aromatic rings. The molecular weight excluding hydrogens is 587 g/mol. The average molecular weight is 618 g/mol. The zero-order valence-electron chi connectivity index (χ0n) is 21.0. The first-order valence-electron chi connectivity index (χ1n) is 12.8. The fourth-order valence-electron chi connectivity index (χ4n) is 4.69. The summed E-state index contributed by atoms with van der Waals surface area (Å²) >= 11 is 16.0. The Bertz CT molecular complexity index is 1220. The van der Waals surface area contributed by atoms with Gasteiger partial charge in [-0.3, -0.25) is 9.59 Å². The largest absolute Gasteiger partial charge is 0.484 e. The monoisotopic (exact) mass is 616 g/mol. The molecule has 1 N–H and O–H groups in total. The summed E-state index contributed by atoms with van der Waals surface area (Å²) in [4.78, 5) is 29.1. The molecule has 0 spiro atoms. The molecular formula is C30H31BrCl2N2O3. The zero-order valence-corrected chi connectivity index (χ0v) is 24.1. The summed E-state index contributed by atoms with van der Waals surface area (Å²) in [7, 11) is 0. The summed E-state index contributed by atoms with van der Waals surface area (Å²) in [6, 6.07) is 21.6. The Labute approximate surface area is 242 Å². The lowest BCUT2D eigenvalue weighted by atomic mass is 9.94. The van der Waals surface area contributed by atoms with Gasteiger partial charge in [-0.15, -0.1) is 0 Å². The second-order valence-corrected chi connectivity index (χ2v) is 11.3. The van der Waals surface area contributed by atoms with Gasteiger partial charge in [0, 0.05) is 33.5 Å². The summed E-state index contributed by atoms with van der Waals surface area (Å²) in [5, 5.41) is 4.18. The van der Waals surface area contributed by atoms with Crippen molar-refractivity contribution in [3.8, 4) is 5.75 Å². The van der Waals surface area contributed by atoms with Crippen LogP contribution in [-0.2, 0) is 22.6 Å². The van der Waals surface area contributed by atoms with Gasteiger partial charge in [-0.25, -0.2) is 0 Å². The quantitative estimate of drug-likeness (QED) is 0.261. The maximum Gasteiger partial charge on any atom is 0.261 e. The highest BCUT2D eigenvalue weighted by Crippen LogP contribution is 2.25. The van der Waals surface area contributed by atoms with E-state index < -0.39 is 6.04 Å². The standard InChI is InChI=1S/C30H31BrCl2N2O3/c31-23-12-15-26(16-13-23)38-20-29(36)35(19-22-11-14-24(32)18-27(22)33)28(17-21-7-3-1-4-8-21)30(37)34-25-9-5-2-6-10-25/h1,3-4,7-8,11-16,18,25,28H,2,5-6,9-10,17,19-20H2,(H,34,37)/t28-/m1/s1. The third kappa shape index (κ3) is 8.23. The molecule has 1 atom stereocenters. The molecule has 0 bridgehead atoms. The average Bonchev–Trinajstić information content (AvgIpc) is 2.92. The summed E-state index contributed by atoms with van der Waals surface area (Å²) in [5.74, 6) is 0.0961. The summed E-state index contributed by atoms with van der Waals surface area (Å²) in [6.45, 7) is -0.0665. The molecule has 0 aliphatic heterocycles. The van der Waals surface area contributed by atoms with Crippen molar-refractivity contribution < 1.29 is 14.3 Å². The number of benzene rings is 3. The van der Waals surface area contributed by atoms with Crippen LogP contribution in [0.4, 0.5) is 0 Å². The van der Waals surface area contributed by atoms with E-state index in [0.29, 0.717) is 27.8 Å². The van der Waals surface area contributed by atoms with E-state index in [0.717, 1.165) is 35.7 Å². The Balaban J connectivity index is 1.62. The van der Waals surface area contributed by atoms with Gasteiger partial charge >= 0.3 is 0 Å². The fourth-order valence-corrected chi connectivity index (χ4v) is 5.42. The maximum absolute atomic E-state index is 13.8. The molecule has 1 aliphatic carbocycles. The molecule has 2 amide bonds. The van der Waals surface area contributed by atoms with Crippen molar-refractivity contribution in [2.45, 2.75) is 57.2 Å². The van der Waals surface area contributed by atoms with E-state index in [4.69, 9.17) is 27.9 Å². The molecule has 1 fully saturated rings. The number of carbonyl (C=O) groups excluding carboxylic acids is 2. The van der Waals surface area contributed by atoms with E-state index in [2.05, 4.69) is 21.2 Å².